The van der Waals surface area contributed by atoms with Gasteiger partial charge in [-0.1, -0.05) is 48.7 Å². The number of benzene rings is 2. The van der Waals surface area contributed by atoms with Crippen molar-refractivity contribution in [3.63, 3.8) is 0 Å². The minimum Gasteiger partial charge on any atom is -0.355 e. The second-order valence-corrected chi connectivity index (χ2v) is 6.58. The van der Waals surface area contributed by atoms with E-state index in [0.717, 1.165) is 11.2 Å². The van der Waals surface area contributed by atoms with Gasteiger partial charge in [0.2, 0.25) is 0 Å². The molecule has 0 unspecified atom stereocenters. The van der Waals surface area contributed by atoms with Gasteiger partial charge < -0.3 is 5.32 Å². The summed E-state index contributed by atoms with van der Waals surface area (Å²) in [4.78, 5) is 4.93. The first-order valence-corrected chi connectivity index (χ1v) is 8.53. The lowest BCUT2D eigenvalue weighted by molar-refractivity contribution is 0.701. The Balaban J connectivity index is 1.77. The summed E-state index contributed by atoms with van der Waals surface area (Å²) in [7, 11) is 0. The summed E-state index contributed by atoms with van der Waals surface area (Å²) < 4.78 is 0. The molecular weight excluding hydrogens is 280 g/mol. The summed E-state index contributed by atoms with van der Waals surface area (Å²) in [5.74, 6) is 0.623. The number of para-hydroxylation sites is 1. The van der Waals surface area contributed by atoms with E-state index in [0.29, 0.717) is 5.92 Å². The van der Waals surface area contributed by atoms with Crippen molar-refractivity contribution in [2.75, 3.05) is 5.32 Å². The lowest BCUT2D eigenvalue weighted by atomic mass is 10.0. The van der Waals surface area contributed by atoms with Crippen LogP contribution in [0.3, 0.4) is 0 Å². The van der Waals surface area contributed by atoms with Crippen LogP contribution in [0.5, 0.6) is 0 Å². The molecule has 0 bridgehead atoms. The SMILES string of the molecule is Cc1ccc(Nc2cc(C3CCCC3)nc3ccccc23)cc1. The molecule has 3 aromatic rings. The number of hydrogen-bond acceptors (Lipinski definition) is 2. The zero-order valence-corrected chi connectivity index (χ0v) is 13.5. The van der Waals surface area contributed by atoms with Crippen LogP contribution in [0.25, 0.3) is 10.9 Å². The molecule has 0 radical (unpaired) electrons. The molecule has 116 valence electrons. The highest BCUT2D eigenvalue weighted by Gasteiger charge is 2.19. The zero-order chi connectivity index (χ0) is 15.6. The summed E-state index contributed by atoms with van der Waals surface area (Å²) in [5, 5.41) is 4.79. The first-order valence-electron chi connectivity index (χ1n) is 8.53. The van der Waals surface area contributed by atoms with Crippen LogP contribution in [0.1, 0.15) is 42.9 Å². The van der Waals surface area contributed by atoms with Gasteiger partial charge in [-0.05, 0) is 44.0 Å². The number of hydrogen-bond donors (Lipinski definition) is 1. The van der Waals surface area contributed by atoms with Crippen molar-refractivity contribution in [1.29, 1.82) is 0 Å². The van der Waals surface area contributed by atoms with Gasteiger partial charge in [0.15, 0.2) is 0 Å². The summed E-state index contributed by atoms with van der Waals surface area (Å²) in [6.07, 6.45) is 5.21. The van der Waals surface area contributed by atoms with Crippen LogP contribution in [0, 0.1) is 6.92 Å². The maximum absolute atomic E-state index is 4.93. The van der Waals surface area contributed by atoms with Gasteiger partial charge in [-0.3, -0.25) is 4.98 Å². The van der Waals surface area contributed by atoms with Crippen LogP contribution in [-0.4, -0.2) is 4.98 Å². The highest BCUT2D eigenvalue weighted by Crippen LogP contribution is 2.36. The molecule has 1 N–H and O–H groups in total. The minimum atomic E-state index is 0.623. The molecule has 0 atom stereocenters. The van der Waals surface area contributed by atoms with Gasteiger partial charge in [0.05, 0.1) is 5.52 Å². The molecule has 0 amide bonds. The Morgan fingerprint density at radius 1 is 0.957 bits per heavy atom. The van der Waals surface area contributed by atoms with E-state index in [2.05, 4.69) is 66.8 Å². The van der Waals surface area contributed by atoms with E-state index < -0.39 is 0 Å². The Labute approximate surface area is 137 Å². The lowest BCUT2D eigenvalue weighted by Crippen LogP contribution is -2.00. The first kappa shape index (κ1) is 14.3. The molecule has 0 saturated heterocycles. The maximum atomic E-state index is 4.93. The maximum Gasteiger partial charge on any atom is 0.0726 e. The molecule has 1 aliphatic carbocycles. The van der Waals surface area contributed by atoms with Crippen molar-refractivity contribution in [3.05, 3.63) is 65.9 Å². The monoisotopic (exact) mass is 302 g/mol. The van der Waals surface area contributed by atoms with E-state index in [1.807, 2.05) is 0 Å². The van der Waals surface area contributed by atoms with Crippen LogP contribution in [0.15, 0.2) is 54.6 Å². The number of aryl methyl sites for hydroxylation is 1. The quantitative estimate of drug-likeness (QED) is 0.647. The summed E-state index contributed by atoms with van der Waals surface area (Å²) in [6, 6.07) is 19.2. The Morgan fingerprint density at radius 3 is 2.48 bits per heavy atom. The molecule has 1 fully saturated rings. The van der Waals surface area contributed by atoms with Gasteiger partial charge in [0.1, 0.15) is 0 Å². The second kappa shape index (κ2) is 6.04. The largest absolute Gasteiger partial charge is 0.355 e. The Kier molecular flexibility index (Phi) is 3.74. The standard InChI is InChI=1S/C21H22N2/c1-15-10-12-17(13-11-15)22-21-14-20(16-6-2-3-7-16)23-19-9-5-4-8-18(19)21/h4-5,8-14,16H,2-3,6-7H2,1H3,(H,22,23). The highest BCUT2D eigenvalue weighted by molar-refractivity contribution is 5.93. The molecule has 2 heteroatoms. The summed E-state index contributed by atoms with van der Waals surface area (Å²) in [5.41, 5.74) is 5.91. The third kappa shape index (κ3) is 2.94. The van der Waals surface area contributed by atoms with Crippen molar-refractivity contribution in [2.24, 2.45) is 0 Å². The highest BCUT2D eigenvalue weighted by atomic mass is 14.9. The molecule has 1 saturated carbocycles. The lowest BCUT2D eigenvalue weighted by Gasteiger charge is -2.15. The number of rotatable bonds is 3. The Bertz CT molecular complexity index is 815. The molecular formula is C21H22N2. The number of fused-ring (bicyclic) bond motifs is 1. The number of pyridine rings is 1. The van der Waals surface area contributed by atoms with Crippen molar-refractivity contribution in [2.45, 2.75) is 38.5 Å². The second-order valence-electron chi connectivity index (χ2n) is 6.58. The van der Waals surface area contributed by atoms with Crippen molar-refractivity contribution in [1.82, 2.24) is 4.98 Å². The molecule has 2 nitrogen and oxygen atoms in total. The molecule has 0 aliphatic heterocycles. The fourth-order valence-electron chi connectivity index (χ4n) is 3.52. The van der Waals surface area contributed by atoms with Crippen LogP contribution in [0.4, 0.5) is 11.4 Å². The van der Waals surface area contributed by atoms with E-state index >= 15 is 0 Å². The van der Waals surface area contributed by atoms with E-state index in [9.17, 15) is 0 Å². The van der Waals surface area contributed by atoms with Crippen LogP contribution < -0.4 is 5.32 Å². The van der Waals surface area contributed by atoms with Gasteiger partial charge in [-0.25, -0.2) is 0 Å². The zero-order valence-electron chi connectivity index (χ0n) is 13.5. The predicted octanol–water partition coefficient (Wildman–Crippen LogP) is 5.94. The number of anilines is 2. The van der Waals surface area contributed by atoms with Crippen molar-refractivity contribution >= 4 is 22.3 Å². The third-order valence-corrected chi connectivity index (χ3v) is 4.84. The van der Waals surface area contributed by atoms with Crippen LogP contribution >= 0.6 is 0 Å². The van der Waals surface area contributed by atoms with Crippen LogP contribution in [-0.2, 0) is 0 Å². The fraction of sp³-hybridized carbons (Fsp3) is 0.286. The molecule has 0 spiro atoms. The van der Waals surface area contributed by atoms with Crippen molar-refractivity contribution in [3.8, 4) is 0 Å². The van der Waals surface area contributed by atoms with E-state index in [4.69, 9.17) is 4.98 Å². The molecule has 2 aromatic carbocycles. The smallest absolute Gasteiger partial charge is 0.0726 e. The molecule has 1 aliphatic rings. The summed E-state index contributed by atoms with van der Waals surface area (Å²) >= 11 is 0. The number of aromatic nitrogens is 1. The van der Waals surface area contributed by atoms with Gasteiger partial charge in [0.25, 0.3) is 0 Å². The van der Waals surface area contributed by atoms with Gasteiger partial charge >= 0.3 is 0 Å². The van der Waals surface area contributed by atoms with E-state index in [1.54, 1.807) is 0 Å². The molecule has 1 aromatic heterocycles. The van der Waals surface area contributed by atoms with Gasteiger partial charge in [0, 0.05) is 28.4 Å². The Morgan fingerprint density at radius 2 is 1.70 bits per heavy atom. The average Bonchev–Trinajstić information content (AvgIpc) is 3.11. The topological polar surface area (TPSA) is 24.9 Å². The summed E-state index contributed by atoms with van der Waals surface area (Å²) in [6.45, 7) is 2.11. The van der Waals surface area contributed by atoms with E-state index in [-0.39, 0.29) is 0 Å². The normalized spacial score (nSPS) is 15.2. The van der Waals surface area contributed by atoms with E-state index in [1.165, 1.54) is 48.0 Å². The average molecular weight is 302 g/mol. The predicted molar refractivity (Wildman–Crippen MR) is 97.4 cm³/mol. The minimum absolute atomic E-state index is 0.623. The Hall–Kier alpha value is -2.35. The van der Waals surface area contributed by atoms with Gasteiger partial charge in [-0.15, -0.1) is 0 Å². The molecule has 4 rings (SSSR count). The van der Waals surface area contributed by atoms with Crippen molar-refractivity contribution < 1.29 is 0 Å². The third-order valence-electron chi connectivity index (χ3n) is 4.84. The number of nitrogens with zero attached hydrogens (tertiary/aromatic N) is 1. The first-order chi connectivity index (χ1) is 11.3. The fourth-order valence-corrected chi connectivity index (χ4v) is 3.52. The van der Waals surface area contributed by atoms with Gasteiger partial charge in [-0.2, -0.15) is 0 Å². The molecule has 23 heavy (non-hydrogen) atoms. The number of nitrogens with one attached hydrogen (secondary N) is 1. The molecule has 1 heterocycles. The van der Waals surface area contributed by atoms with Crippen LogP contribution in [0.2, 0.25) is 0 Å².